The van der Waals surface area contributed by atoms with Gasteiger partial charge >= 0.3 is 5.97 Å². The summed E-state index contributed by atoms with van der Waals surface area (Å²) in [4.78, 5) is 37.1. The number of hydrogen-bond acceptors (Lipinski definition) is 4. The fraction of sp³-hybridized carbons (Fsp3) is 0.533. The van der Waals surface area contributed by atoms with Gasteiger partial charge in [0.25, 0.3) is 0 Å². The van der Waals surface area contributed by atoms with Gasteiger partial charge in [-0.15, -0.1) is 11.6 Å². The minimum Gasteiger partial charge on any atom is -0.453 e. The van der Waals surface area contributed by atoms with Gasteiger partial charge in [-0.3, -0.25) is 9.59 Å². The zero-order chi connectivity index (χ0) is 15.3. The van der Waals surface area contributed by atoms with Crippen molar-refractivity contribution in [1.82, 2.24) is 5.32 Å². The van der Waals surface area contributed by atoms with Crippen LogP contribution in [0.2, 0.25) is 0 Å². The minimum atomic E-state index is -1.57. The maximum absolute atomic E-state index is 12.8. The van der Waals surface area contributed by atoms with Crippen molar-refractivity contribution in [2.24, 2.45) is 5.92 Å². The number of esters is 1. The molecule has 3 aliphatic rings. The summed E-state index contributed by atoms with van der Waals surface area (Å²) < 4.78 is 5.25. The van der Waals surface area contributed by atoms with Crippen molar-refractivity contribution in [3.05, 3.63) is 23.8 Å². The minimum absolute atomic E-state index is 0.265. The first kappa shape index (κ1) is 14.3. The lowest BCUT2D eigenvalue weighted by Gasteiger charge is -2.50. The highest BCUT2D eigenvalue weighted by molar-refractivity contribution is 6.24. The molecule has 0 radical (unpaired) electrons. The molecule has 1 amide bonds. The highest BCUT2D eigenvalue weighted by Crippen LogP contribution is 2.51. The van der Waals surface area contributed by atoms with Crippen LogP contribution in [0.25, 0.3) is 0 Å². The van der Waals surface area contributed by atoms with E-state index in [0.29, 0.717) is 18.4 Å². The van der Waals surface area contributed by atoms with Crippen molar-refractivity contribution in [3.8, 4) is 0 Å². The first-order valence-electron chi connectivity index (χ1n) is 6.99. The normalized spacial score (nSPS) is 37.2. The number of Topliss-reactive ketones (excluding diaryl/α,β-unsaturated/α-hetero) is 1. The van der Waals surface area contributed by atoms with Gasteiger partial charge in [-0.2, -0.15) is 0 Å². The summed E-state index contributed by atoms with van der Waals surface area (Å²) in [5.41, 5.74) is -2.17. The van der Waals surface area contributed by atoms with Crippen LogP contribution in [0, 0.1) is 5.92 Å². The van der Waals surface area contributed by atoms with Crippen LogP contribution in [0.5, 0.6) is 0 Å². The van der Waals surface area contributed by atoms with E-state index in [1.165, 1.54) is 0 Å². The second-order valence-corrected chi connectivity index (χ2v) is 6.13. The number of allylic oxidation sites excluding steroid dienone is 3. The Morgan fingerprint density at radius 1 is 1.52 bits per heavy atom. The molecule has 0 unspecified atom stereocenters. The monoisotopic (exact) mass is 309 g/mol. The number of hydrogen-bond donors (Lipinski definition) is 1. The van der Waals surface area contributed by atoms with Crippen LogP contribution in [-0.4, -0.2) is 34.7 Å². The molecule has 3 atom stereocenters. The van der Waals surface area contributed by atoms with Gasteiger partial charge < -0.3 is 10.1 Å². The van der Waals surface area contributed by atoms with E-state index in [0.717, 1.165) is 6.42 Å². The number of fused-ring (bicyclic) bond motifs is 1. The highest BCUT2D eigenvalue weighted by Gasteiger charge is 2.79. The molecule has 112 valence electrons. The predicted molar refractivity (Wildman–Crippen MR) is 75.7 cm³/mol. The molecule has 3 rings (SSSR count). The summed E-state index contributed by atoms with van der Waals surface area (Å²) in [5, 5.41) is 2.60. The third-order valence-electron chi connectivity index (χ3n) is 4.69. The second kappa shape index (κ2) is 4.70. The van der Waals surface area contributed by atoms with E-state index in [2.05, 4.69) is 5.32 Å². The van der Waals surface area contributed by atoms with E-state index in [9.17, 15) is 14.4 Å². The molecule has 0 aromatic heterocycles. The number of nitrogens with one attached hydrogen (secondary N) is 1. The number of halogens is 1. The van der Waals surface area contributed by atoms with Crippen LogP contribution in [0.15, 0.2) is 23.8 Å². The molecule has 6 heteroatoms. The number of ether oxygens (including phenoxy) is 1. The predicted octanol–water partition coefficient (Wildman–Crippen LogP) is 1.26. The van der Waals surface area contributed by atoms with Crippen molar-refractivity contribution in [2.45, 2.75) is 37.3 Å². The lowest BCUT2D eigenvalue weighted by molar-refractivity contribution is -0.216. The Hall–Kier alpha value is -1.62. The van der Waals surface area contributed by atoms with Crippen LogP contribution in [0.3, 0.4) is 0 Å². The summed E-state index contributed by atoms with van der Waals surface area (Å²) in [6.45, 7) is 1.64. The average Bonchev–Trinajstić information content (AvgIpc) is 2.65. The van der Waals surface area contributed by atoms with Gasteiger partial charge in [0.05, 0.1) is 5.92 Å². The van der Waals surface area contributed by atoms with Gasteiger partial charge in [-0.1, -0.05) is 18.2 Å². The van der Waals surface area contributed by atoms with Gasteiger partial charge in [0, 0.05) is 5.88 Å². The highest BCUT2D eigenvalue weighted by atomic mass is 35.5. The molecule has 0 aromatic rings. The number of carbonyl (C=O) groups is 3. The van der Waals surface area contributed by atoms with Crippen LogP contribution in [0.4, 0.5) is 0 Å². The van der Waals surface area contributed by atoms with Gasteiger partial charge in [-0.25, -0.2) is 4.79 Å². The largest absolute Gasteiger partial charge is 0.453 e. The molecule has 2 fully saturated rings. The van der Waals surface area contributed by atoms with Crippen LogP contribution >= 0.6 is 11.6 Å². The number of rotatable bonds is 4. The fourth-order valence-electron chi connectivity index (χ4n) is 3.45. The second-order valence-electron chi connectivity index (χ2n) is 5.75. The molecule has 21 heavy (non-hydrogen) atoms. The number of ketones is 1. The zero-order valence-corrected chi connectivity index (χ0v) is 12.4. The molecule has 0 aromatic carbocycles. The maximum atomic E-state index is 12.8. The van der Waals surface area contributed by atoms with E-state index in [4.69, 9.17) is 16.3 Å². The van der Waals surface area contributed by atoms with Crippen LogP contribution in [0.1, 0.15) is 26.2 Å². The van der Waals surface area contributed by atoms with E-state index in [1.807, 2.05) is 6.08 Å². The third kappa shape index (κ3) is 1.67. The van der Waals surface area contributed by atoms with Crippen LogP contribution in [-0.2, 0) is 19.1 Å². The average molecular weight is 310 g/mol. The summed E-state index contributed by atoms with van der Waals surface area (Å²) >= 11 is 5.73. The first-order chi connectivity index (χ1) is 9.97. The van der Waals surface area contributed by atoms with E-state index in [1.54, 1.807) is 19.1 Å². The summed E-state index contributed by atoms with van der Waals surface area (Å²) in [5.74, 6) is -1.69. The van der Waals surface area contributed by atoms with Gasteiger partial charge in [-0.05, 0) is 31.8 Å². The Morgan fingerprint density at radius 3 is 2.86 bits per heavy atom. The Bertz CT molecular complexity index is 596. The first-order valence-corrected chi connectivity index (χ1v) is 7.53. The Morgan fingerprint density at radius 2 is 2.29 bits per heavy atom. The van der Waals surface area contributed by atoms with E-state index < -0.39 is 23.0 Å². The van der Waals surface area contributed by atoms with Crippen molar-refractivity contribution < 1.29 is 19.1 Å². The summed E-state index contributed by atoms with van der Waals surface area (Å²) in [7, 11) is 0. The Balaban J connectivity index is 2.00. The smallest absolute Gasteiger partial charge is 0.345 e. The number of alkyl halides is 1. The molecule has 1 aliphatic carbocycles. The van der Waals surface area contributed by atoms with Gasteiger partial charge in [0.1, 0.15) is 0 Å². The lowest BCUT2D eigenvalue weighted by Crippen LogP contribution is -2.78. The van der Waals surface area contributed by atoms with Crippen molar-refractivity contribution in [3.63, 3.8) is 0 Å². The van der Waals surface area contributed by atoms with E-state index in [-0.39, 0.29) is 17.6 Å². The topological polar surface area (TPSA) is 72.5 Å². The molecule has 0 saturated carbocycles. The molecular formula is C15H16ClNO4. The molecule has 5 nitrogen and oxygen atoms in total. The summed E-state index contributed by atoms with van der Waals surface area (Å²) in [6.07, 6.45) is 7.13. The third-order valence-corrected chi connectivity index (χ3v) is 4.91. The van der Waals surface area contributed by atoms with E-state index >= 15 is 0 Å². The summed E-state index contributed by atoms with van der Waals surface area (Å²) in [6, 6.07) is 0. The SMILES string of the molecule is C[C@@]12OC(=O)[C@]1(C(=O)C1=CC=CCC1)NC(=O)[C@@H]2CCCl. The van der Waals surface area contributed by atoms with Crippen LogP contribution < -0.4 is 5.32 Å². The fourth-order valence-corrected chi connectivity index (χ4v) is 3.67. The molecule has 2 heterocycles. The quantitative estimate of drug-likeness (QED) is 0.482. The number of carbonyl (C=O) groups excluding carboxylic acids is 3. The molecule has 2 saturated heterocycles. The molecular weight excluding hydrogens is 294 g/mol. The zero-order valence-electron chi connectivity index (χ0n) is 11.6. The van der Waals surface area contributed by atoms with Gasteiger partial charge in [0.15, 0.2) is 11.4 Å². The molecule has 0 bridgehead atoms. The Labute approximate surface area is 127 Å². The Kier molecular flexibility index (Phi) is 3.20. The molecule has 0 spiro atoms. The lowest BCUT2D eigenvalue weighted by atomic mass is 9.67. The van der Waals surface area contributed by atoms with Crippen molar-refractivity contribution in [2.75, 3.05) is 5.88 Å². The van der Waals surface area contributed by atoms with Crippen molar-refractivity contribution in [1.29, 1.82) is 0 Å². The molecule has 1 N–H and O–H groups in total. The maximum Gasteiger partial charge on any atom is 0.345 e. The van der Waals surface area contributed by atoms with Gasteiger partial charge in [0.2, 0.25) is 11.4 Å². The van der Waals surface area contributed by atoms with Crippen molar-refractivity contribution >= 4 is 29.3 Å². The number of amides is 1. The molecule has 2 aliphatic heterocycles. The standard InChI is InChI=1S/C15H16ClNO4/c1-14-10(7-8-16)12(19)17-15(14,13(20)21-14)11(18)9-5-3-2-4-6-9/h2-3,5,10H,4,6-8H2,1H3,(H,17,19)/t10-,14-,15-/m0/s1.